The number of nitrogens with one attached hydrogen (secondary N) is 1. The molecule has 0 atom stereocenters. The van der Waals surface area contributed by atoms with Gasteiger partial charge in [-0.05, 0) is 30.4 Å². The van der Waals surface area contributed by atoms with Gasteiger partial charge in [0.05, 0.1) is 6.54 Å². The van der Waals surface area contributed by atoms with Crippen molar-refractivity contribution in [1.82, 2.24) is 10.3 Å². The SMILES string of the molecule is NC(=NCc1ccnc(OCC(F)(F)F)c1)NCC1CCC1. The highest BCUT2D eigenvalue weighted by Gasteiger charge is 2.28. The molecular weight excluding hydrogens is 297 g/mol. The van der Waals surface area contributed by atoms with Gasteiger partial charge < -0.3 is 15.8 Å². The molecule has 0 unspecified atom stereocenters. The van der Waals surface area contributed by atoms with Crippen molar-refractivity contribution >= 4 is 5.96 Å². The lowest BCUT2D eigenvalue weighted by Crippen LogP contribution is -2.37. The van der Waals surface area contributed by atoms with Crippen LogP contribution in [0, 0.1) is 5.92 Å². The number of nitrogens with two attached hydrogens (primary N) is 1. The van der Waals surface area contributed by atoms with Crippen LogP contribution in [0.2, 0.25) is 0 Å². The van der Waals surface area contributed by atoms with E-state index in [9.17, 15) is 13.2 Å². The molecule has 5 nitrogen and oxygen atoms in total. The Balaban J connectivity index is 1.81. The number of aromatic nitrogens is 1. The summed E-state index contributed by atoms with van der Waals surface area (Å²) in [5, 5.41) is 3.05. The molecule has 1 aromatic rings. The number of guanidine groups is 1. The second kappa shape index (κ2) is 7.33. The van der Waals surface area contributed by atoms with E-state index in [4.69, 9.17) is 5.73 Å². The monoisotopic (exact) mass is 316 g/mol. The predicted octanol–water partition coefficient (Wildman–Crippen LogP) is 2.23. The lowest BCUT2D eigenvalue weighted by atomic mass is 9.85. The number of rotatable bonds is 6. The number of halogens is 3. The lowest BCUT2D eigenvalue weighted by Gasteiger charge is -2.25. The first-order valence-electron chi connectivity index (χ1n) is 7.10. The Bertz CT molecular complexity index is 515. The van der Waals surface area contributed by atoms with E-state index in [-0.39, 0.29) is 12.4 Å². The number of hydrogen-bond donors (Lipinski definition) is 2. The van der Waals surface area contributed by atoms with Gasteiger partial charge in [0.1, 0.15) is 0 Å². The molecule has 0 amide bonds. The topological polar surface area (TPSA) is 72.5 Å². The van der Waals surface area contributed by atoms with E-state index in [0.29, 0.717) is 17.4 Å². The standard InChI is InChI=1S/C14H19F3N4O/c15-14(16,17)9-22-12-6-11(4-5-19-12)8-21-13(18)20-7-10-2-1-3-10/h4-6,10H,1-3,7-9H2,(H3,18,20,21). The van der Waals surface area contributed by atoms with Crippen LogP contribution in [0.4, 0.5) is 13.2 Å². The van der Waals surface area contributed by atoms with Gasteiger partial charge in [-0.15, -0.1) is 0 Å². The molecule has 0 aliphatic heterocycles. The first-order chi connectivity index (χ1) is 10.4. The summed E-state index contributed by atoms with van der Waals surface area (Å²) in [5.74, 6) is 0.921. The van der Waals surface area contributed by atoms with Crippen molar-refractivity contribution in [2.24, 2.45) is 16.6 Å². The Hall–Kier alpha value is -1.99. The lowest BCUT2D eigenvalue weighted by molar-refractivity contribution is -0.154. The molecule has 8 heteroatoms. The third-order valence-electron chi connectivity index (χ3n) is 3.41. The fourth-order valence-corrected chi connectivity index (χ4v) is 1.96. The van der Waals surface area contributed by atoms with Crippen LogP contribution < -0.4 is 15.8 Å². The van der Waals surface area contributed by atoms with E-state index in [0.717, 1.165) is 6.54 Å². The fourth-order valence-electron chi connectivity index (χ4n) is 1.96. The first-order valence-corrected chi connectivity index (χ1v) is 7.10. The van der Waals surface area contributed by atoms with Crippen molar-refractivity contribution in [2.45, 2.75) is 32.0 Å². The van der Waals surface area contributed by atoms with Gasteiger partial charge in [-0.2, -0.15) is 13.2 Å². The van der Waals surface area contributed by atoms with E-state index in [1.165, 1.54) is 31.5 Å². The summed E-state index contributed by atoms with van der Waals surface area (Å²) >= 11 is 0. The minimum absolute atomic E-state index is 0.0778. The van der Waals surface area contributed by atoms with Crippen molar-refractivity contribution < 1.29 is 17.9 Å². The van der Waals surface area contributed by atoms with Crippen molar-refractivity contribution in [1.29, 1.82) is 0 Å². The highest BCUT2D eigenvalue weighted by Crippen LogP contribution is 2.25. The molecule has 0 radical (unpaired) electrons. The average molecular weight is 316 g/mol. The van der Waals surface area contributed by atoms with Crippen LogP contribution >= 0.6 is 0 Å². The third-order valence-corrected chi connectivity index (χ3v) is 3.41. The van der Waals surface area contributed by atoms with Crippen molar-refractivity contribution in [3.8, 4) is 5.88 Å². The van der Waals surface area contributed by atoms with Crippen LogP contribution in [0.25, 0.3) is 0 Å². The number of nitrogens with zero attached hydrogens (tertiary/aromatic N) is 2. The molecule has 0 bridgehead atoms. The Morgan fingerprint density at radius 1 is 1.45 bits per heavy atom. The number of pyridine rings is 1. The van der Waals surface area contributed by atoms with E-state index in [2.05, 4.69) is 20.0 Å². The molecule has 1 aliphatic carbocycles. The summed E-state index contributed by atoms with van der Waals surface area (Å²) in [6, 6.07) is 3.08. The van der Waals surface area contributed by atoms with Crippen LogP contribution in [-0.2, 0) is 6.54 Å². The van der Waals surface area contributed by atoms with E-state index in [1.54, 1.807) is 6.07 Å². The Kier molecular flexibility index (Phi) is 5.46. The molecule has 122 valence electrons. The predicted molar refractivity (Wildman–Crippen MR) is 76.5 cm³/mol. The zero-order valence-electron chi connectivity index (χ0n) is 12.1. The van der Waals surface area contributed by atoms with Crippen LogP contribution in [0.3, 0.4) is 0 Å². The quantitative estimate of drug-likeness (QED) is 0.623. The van der Waals surface area contributed by atoms with Crippen molar-refractivity contribution in [3.63, 3.8) is 0 Å². The van der Waals surface area contributed by atoms with E-state index in [1.807, 2.05) is 0 Å². The molecule has 0 saturated heterocycles. The maximum Gasteiger partial charge on any atom is 0.422 e. The van der Waals surface area contributed by atoms with Crippen LogP contribution in [0.5, 0.6) is 5.88 Å². The molecule has 2 rings (SSSR count). The molecule has 1 fully saturated rings. The number of ether oxygens (including phenoxy) is 1. The second-order valence-electron chi connectivity index (χ2n) is 5.29. The van der Waals surface area contributed by atoms with Gasteiger partial charge >= 0.3 is 6.18 Å². The third kappa shape index (κ3) is 5.79. The Labute approximate surface area is 126 Å². The Morgan fingerprint density at radius 2 is 2.23 bits per heavy atom. The number of alkyl halides is 3. The van der Waals surface area contributed by atoms with Gasteiger partial charge in [-0.25, -0.2) is 9.98 Å². The zero-order chi connectivity index (χ0) is 16.0. The molecule has 1 saturated carbocycles. The molecule has 1 aliphatic rings. The smallest absolute Gasteiger partial charge is 0.422 e. The van der Waals surface area contributed by atoms with Crippen LogP contribution in [-0.4, -0.2) is 30.3 Å². The minimum Gasteiger partial charge on any atom is -0.468 e. The summed E-state index contributed by atoms with van der Waals surface area (Å²) in [5.41, 5.74) is 6.43. The molecule has 0 aromatic carbocycles. The maximum absolute atomic E-state index is 12.1. The molecule has 22 heavy (non-hydrogen) atoms. The molecule has 0 spiro atoms. The molecule has 3 N–H and O–H groups in total. The fraction of sp³-hybridized carbons (Fsp3) is 0.571. The highest BCUT2D eigenvalue weighted by atomic mass is 19.4. The average Bonchev–Trinajstić information content (AvgIpc) is 2.41. The summed E-state index contributed by atoms with van der Waals surface area (Å²) in [6.45, 7) is -0.294. The van der Waals surface area contributed by atoms with Gasteiger partial charge in [-0.3, -0.25) is 0 Å². The summed E-state index contributed by atoms with van der Waals surface area (Å²) in [4.78, 5) is 7.88. The largest absolute Gasteiger partial charge is 0.468 e. The van der Waals surface area contributed by atoms with Crippen molar-refractivity contribution in [3.05, 3.63) is 23.9 Å². The summed E-state index contributed by atoms with van der Waals surface area (Å²) in [7, 11) is 0. The Morgan fingerprint density at radius 3 is 2.86 bits per heavy atom. The zero-order valence-corrected chi connectivity index (χ0v) is 12.1. The van der Waals surface area contributed by atoms with Crippen molar-refractivity contribution in [2.75, 3.05) is 13.2 Å². The first kappa shape index (κ1) is 16.4. The van der Waals surface area contributed by atoms with Gasteiger partial charge in [0.15, 0.2) is 12.6 Å². The van der Waals surface area contributed by atoms with Crippen LogP contribution in [0.15, 0.2) is 23.3 Å². The normalized spacial score (nSPS) is 16.2. The number of hydrogen-bond acceptors (Lipinski definition) is 3. The molecule has 1 heterocycles. The second-order valence-corrected chi connectivity index (χ2v) is 5.29. The van der Waals surface area contributed by atoms with E-state index >= 15 is 0 Å². The molecular formula is C14H19F3N4O. The van der Waals surface area contributed by atoms with Gasteiger partial charge in [0.25, 0.3) is 0 Å². The minimum atomic E-state index is -4.38. The van der Waals surface area contributed by atoms with E-state index < -0.39 is 12.8 Å². The van der Waals surface area contributed by atoms with Gasteiger partial charge in [0.2, 0.25) is 5.88 Å². The summed E-state index contributed by atoms with van der Waals surface area (Å²) < 4.78 is 40.8. The maximum atomic E-state index is 12.1. The molecule has 1 aromatic heterocycles. The van der Waals surface area contributed by atoms with Gasteiger partial charge in [-0.1, -0.05) is 6.42 Å². The van der Waals surface area contributed by atoms with Crippen LogP contribution in [0.1, 0.15) is 24.8 Å². The summed E-state index contributed by atoms with van der Waals surface area (Å²) in [6.07, 6.45) is 0.691. The highest BCUT2D eigenvalue weighted by molar-refractivity contribution is 5.77. The number of aliphatic imine (C=N–C) groups is 1. The van der Waals surface area contributed by atoms with Gasteiger partial charge in [0, 0.05) is 18.8 Å².